The highest BCUT2D eigenvalue weighted by atomic mass is 35.5. The number of aromatic amines is 1. The van der Waals surface area contributed by atoms with E-state index in [2.05, 4.69) is 20.2 Å². The van der Waals surface area contributed by atoms with E-state index in [1.165, 1.54) is 18.2 Å². The van der Waals surface area contributed by atoms with Crippen molar-refractivity contribution in [3.63, 3.8) is 0 Å². The molecule has 0 spiro atoms. The van der Waals surface area contributed by atoms with Crippen molar-refractivity contribution in [3.05, 3.63) is 68.5 Å². The second-order valence-corrected chi connectivity index (χ2v) is 6.62. The van der Waals surface area contributed by atoms with Gasteiger partial charge in [-0.2, -0.15) is 5.26 Å². The lowest BCUT2D eigenvalue weighted by molar-refractivity contribution is 0.122. The highest BCUT2D eigenvalue weighted by molar-refractivity contribution is 6.30. The number of benzene rings is 1. The molecule has 32 heavy (non-hydrogen) atoms. The van der Waals surface area contributed by atoms with Crippen molar-refractivity contribution in [1.29, 1.82) is 5.26 Å². The van der Waals surface area contributed by atoms with E-state index in [4.69, 9.17) is 26.3 Å². The molecule has 3 aromatic rings. The molecule has 0 bridgehead atoms. The Kier molecular flexibility index (Phi) is 6.89. The molecule has 2 aromatic heterocycles. The van der Waals surface area contributed by atoms with Crippen molar-refractivity contribution in [2.45, 2.75) is 18.8 Å². The molecular formula is C19H12ClF4N5O3. The van der Waals surface area contributed by atoms with Gasteiger partial charge in [-0.15, -0.1) is 10.2 Å². The van der Waals surface area contributed by atoms with Crippen molar-refractivity contribution < 1.29 is 27.0 Å². The molecule has 0 aliphatic heterocycles. The Labute approximate surface area is 182 Å². The van der Waals surface area contributed by atoms with Crippen LogP contribution in [0.2, 0.25) is 5.02 Å². The molecule has 0 fully saturated rings. The van der Waals surface area contributed by atoms with Crippen LogP contribution in [0.5, 0.6) is 17.4 Å². The van der Waals surface area contributed by atoms with Gasteiger partial charge in [0, 0.05) is 10.6 Å². The van der Waals surface area contributed by atoms with E-state index >= 15 is 0 Å². The number of methoxy groups -OCH3 is 1. The average molecular weight is 470 g/mol. The number of ether oxygens (including phenoxy) is 2. The first-order valence-corrected chi connectivity index (χ1v) is 9.06. The van der Waals surface area contributed by atoms with Gasteiger partial charge >= 0.3 is 0 Å². The summed E-state index contributed by atoms with van der Waals surface area (Å²) in [5.41, 5.74) is -2.77. The largest absolute Gasteiger partial charge is 0.480 e. The molecule has 3 rings (SSSR count). The van der Waals surface area contributed by atoms with Crippen LogP contribution in [-0.4, -0.2) is 33.7 Å². The summed E-state index contributed by atoms with van der Waals surface area (Å²) in [6.07, 6.45) is -5.47. The van der Waals surface area contributed by atoms with Gasteiger partial charge in [0.15, 0.2) is 0 Å². The van der Waals surface area contributed by atoms with Gasteiger partial charge in [0.1, 0.15) is 17.1 Å². The van der Waals surface area contributed by atoms with Crippen LogP contribution in [-0.2, 0) is 0 Å². The van der Waals surface area contributed by atoms with Gasteiger partial charge in [-0.3, -0.25) is 4.79 Å². The molecule has 0 amide bonds. The minimum absolute atomic E-state index is 0.0846. The number of nitrogens with zero attached hydrogens (tertiary/aromatic N) is 4. The van der Waals surface area contributed by atoms with Crippen LogP contribution >= 0.6 is 11.6 Å². The fourth-order valence-corrected chi connectivity index (χ4v) is 3.05. The summed E-state index contributed by atoms with van der Waals surface area (Å²) >= 11 is 5.91. The van der Waals surface area contributed by atoms with Crippen molar-refractivity contribution >= 4 is 11.6 Å². The van der Waals surface area contributed by atoms with Gasteiger partial charge in [-0.1, -0.05) is 11.6 Å². The zero-order valence-electron chi connectivity index (χ0n) is 16.0. The van der Waals surface area contributed by atoms with E-state index in [1.54, 1.807) is 0 Å². The number of halogens is 5. The molecule has 0 radical (unpaired) electrons. The van der Waals surface area contributed by atoms with Gasteiger partial charge in [0.05, 0.1) is 31.0 Å². The minimum Gasteiger partial charge on any atom is -0.480 e. The minimum atomic E-state index is -3.23. The van der Waals surface area contributed by atoms with Crippen LogP contribution in [0.1, 0.15) is 34.9 Å². The quantitative estimate of drug-likeness (QED) is 0.515. The lowest BCUT2D eigenvalue weighted by atomic mass is 9.95. The van der Waals surface area contributed by atoms with Crippen LogP contribution in [0, 0.1) is 11.3 Å². The summed E-state index contributed by atoms with van der Waals surface area (Å²) in [6, 6.07) is 6.33. The maximum atomic E-state index is 14.2. The van der Waals surface area contributed by atoms with Gasteiger partial charge in [-0.25, -0.2) is 22.5 Å². The number of hydrogen-bond acceptors (Lipinski definition) is 7. The van der Waals surface area contributed by atoms with E-state index in [9.17, 15) is 22.4 Å². The van der Waals surface area contributed by atoms with Crippen LogP contribution in [0.3, 0.4) is 0 Å². The molecule has 0 saturated heterocycles. The number of aromatic nitrogens is 4. The second-order valence-electron chi connectivity index (χ2n) is 6.18. The number of nitriles is 1. The zero-order valence-corrected chi connectivity index (χ0v) is 16.8. The highest BCUT2D eigenvalue weighted by Crippen LogP contribution is 2.39. The summed E-state index contributed by atoms with van der Waals surface area (Å²) in [7, 11) is 1.09. The third-order valence-corrected chi connectivity index (χ3v) is 4.38. The smallest absolute Gasteiger partial charge is 0.294 e. The molecule has 2 heterocycles. The first-order valence-electron chi connectivity index (χ1n) is 8.69. The van der Waals surface area contributed by atoms with Crippen molar-refractivity contribution in [3.8, 4) is 23.4 Å². The summed E-state index contributed by atoms with van der Waals surface area (Å²) in [6.45, 7) is 0. The number of alkyl halides is 4. The first kappa shape index (κ1) is 23.0. The average Bonchev–Trinajstić information content (AvgIpc) is 2.75. The van der Waals surface area contributed by atoms with Crippen LogP contribution < -0.4 is 15.0 Å². The molecule has 1 aromatic carbocycles. The predicted octanol–water partition coefficient (Wildman–Crippen LogP) is 4.22. The van der Waals surface area contributed by atoms with Crippen molar-refractivity contribution in [1.82, 2.24) is 20.2 Å². The Morgan fingerprint density at radius 3 is 2.53 bits per heavy atom. The molecule has 0 aliphatic carbocycles. The van der Waals surface area contributed by atoms with E-state index in [0.29, 0.717) is 6.07 Å². The standard InChI is InChI=1S/C19H12ClF4N5O3/c1-31-19-11(5-12(16(21)22)28-29-19)13(17(23)24)14-15(18(30)27-7-26-14)32-10-3-8(6-25)2-9(20)4-10/h2-5,7,13,16-17H,1H3,(H,26,27,30). The molecule has 1 unspecified atom stereocenters. The molecule has 1 N–H and O–H groups in total. The SMILES string of the molecule is COc1nnc(C(F)F)cc1C(c1nc[nH]c(=O)c1Oc1cc(Cl)cc(C#N)c1)C(F)F. The Hall–Kier alpha value is -3.72. The maximum absolute atomic E-state index is 14.2. The first-order chi connectivity index (χ1) is 15.2. The van der Waals surface area contributed by atoms with E-state index in [1.807, 2.05) is 6.07 Å². The normalized spacial score (nSPS) is 12.0. The van der Waals surface area contributed by atoms with Crippen molar-refractivity contribution in [2.24, 2.45) is 0 Å². The molecule has 8 nitrogen and oxygen atoms in total. The summed E-state index contributed by atoms with van der Waals surface area (Å²) in [5.74, 6) is -3.25. The van der Waals surface area contributed by atoms with Gasteiger partial charge in [-0.05, 0) is 24.3 Å². The van der Waals surface area contributed by atoms with E-state index < -0.39 is 52.9 Å². The number of rotatable bonds is 7. The highest BCUT2D eigenvalue weighted by Gasteiger charge is 2.35. The lowest BCUT2D eigenvalue weighted by Crippen LogP contribution is -2.21. The maximum Gasteiger partial charge on any atom is 0.294 e. The summed E-state index contributed by atoms with van der Waals surface area (Å²) in [4.78, 5) is 18.4. The molecule has 0 aliphatic rings. The number of H-pyrrole nitrogens is 1. The summed E-state index contributed by atoms with van der Waals surface area (Å²) < 4.78 is 65.0. The molecule has 0 saturated carbocycles. The number of nitrogens with one attached hydrogen (secondary N) is 1. The van der Waals surface area contributed by atoms with Crippen LogP contribution in [0.25, 0.3) is 0 Å². The Morgan fingerprint density at radius 1 is 1.16 bits per heavy atom. The topological polar surface area (TPSA) is 114 Å². The zero-order chi connectivity index (χ0) is 23.4. The van der Waals surface area contributed by atoms with Crippen molar-refractivity contribution in [2.75, 3.05) is 7.11 Å². The predicted molar refractivity (Wildman–Crippen MR) is 102 cm³/mol. The van der Waals surface area contributed by atoms with Crippen LogP contribution in [0.15, 0.2) is 35.4 Å². The summed E-state index contributed by atoms with van der Waals surface area (Å²) in [5, 5.41) is 15.8. The third kappa shape index (κ3) is 4.78. The molecular weight excluding hydrogens is 458 g/mol. The van der Waals surface area contributed by atoms with Gasteiger partial charge < -0.3 is 14.5 Å². The molecule has 166 valence electrons. The van der Waals surface area contributed by atoms with Crippen LogP contribution in [0.4, 0.5) is 17.6 Å². The third-order valence-electron chi connectivity index (χ3n) is 4.16. The fraction of sp³-hybridized carbons (Fsp3) is 0.211. The Balaban J connectivity index is 2.19. The fourth-order valence-electron chi connectivity index (χ4n) is 2.83. The Morgan fingerprint density at radius 2 is 1.91 bits per heavy atom. The number of hydrogen-bond donors (Lipinski definition) is 1. The molecule has 1 atom stereocenters. The second kappa shape index (κ2) is 9.61. The molecule has 13 heteroatoms. The van der Waals surface area contributed by atoms with E-state index in [-0.39, 0.29) is 16.3 Å². The van der Waals surface area contributed by atoms with Gasteiger partial charge in [0.2, 0.25) is 11.6 Å². The monoisotopic (exact) mass is 469 g/mol. The lowest BCUT2D eigenvalue weighted by Gasteiger charge is -2.20. The Bertz CT molecular complexity index is 1230. The van der Waals surface area contributed by atoms with Gasteiger partial charge in [0.25, 0.3) is 18.4 Å². The van der Waals surface area contributed by atoms with E-state index in [0.717, 1.165) is 13.4 Å².